The van der Waals surface area contributed by atoms with E-state index in [9.17, 15) is 9.59 Å². The first-order valence-electron chi connectivity index (χ1n) is 6.78. The van der Waals surface area contributed by atoms with Crippen LogP contribution >= 0.6 is 0 Å². The molecular weight excluding hydrogens is 272 g/mol. The Labute approximate surface area is 124 Å². The van der Waals surface area contributed by atoms with E-state index >= 15 is 0 Å². The van der Waals surface area contributed by atoms with Crippen molar-refractivity contribution in [3.63, 3.8) is 0 Å². The predicted octanol–water partition coefficient (Wildman–Crippen LogP) is 2.04. The molecule has 0 heterocycles. The third-order valence-electron chi connectivity index (χ3n) is 3.28. The lowest BCUT2D eigenvalue weighted by atomic mass is 10.0. The van der Waals surface area contributed by atoms with Crippen LogP contribution in [0.15, 0.2) is 18.2 Å². The summed E-state index contributed by atoms with van der Waals surface area (Å²) in [5.41, 5.74) is 5.75. The van der Waals surface area contributed by atoms with E-state index in [-0.39, 0.29) is 28.4 Å². The Balaban J connectivity index is 2.83. The smallest absolute Gasteiger partial charge is 0.335 e. The molecule has 0 spiro atoms. The number of carbonyl (C=O) groups excluding carboxylic acids is 1. The summed E-state index contributed by atoms with van der Waals surface area (Å²) in [6.45, 7) is 7.39. The van der Waals surface area contributed by atoms with Crippen molar-refractivity contribution in [1.29, 1.82) is 0 Å². The van der Waals surface area contributed by atoms with Gasteiger partial charge in [0, 0.05) is 5.54 Å². The topological polar surface area (TPSA) is 102 Å². The average Bonchev–Trinajstić information content (AvgIpc) is 2.40. The number of aromatic carboxylic acids is 1. The van der Waals surface area contributed by atoms with Crippen molar-refractivity contribution in [2.75, 3.05) is 5.73 Å². The lowest BCUT2D eigenvalue weighted by molar-refractivity contribution is -0.128. The van der Waals surface area contributed by atoms with Gasteiger partial charge in [0.2, 0.25) is 0 Å². The molecule has 1 amide bonds. The Morgan fingerprint density at radius 1 is 1.43 bits per heavy atom. The van der Waals surface area contributed by atoms with Gasteiger partial charge in [0.25, 0.3) is 5.91 Å². The number of carboxylic acids is 1. The van der Waals surface area contributed by atoms with Gasteiger partial charge < -0.3 is 20.9 Å². The van der Waals surface area contributed by atoms with Crippen LogP contribution in [0.4, 0.5) is 5.69 Å². The van der Waals surface area contributed by atoms with Gasteiger partial charge in [0.1, 0.15) is 5.75 Å². The summed E-state index contributed by atoms with van der Waals surface area (Å²) in [6.07, 6.45) is 0.00409. The summed E-state index contributed by atoms with van der Waals surface area (Å²) < 4.78 is 5.49. The largest absolute Gasteiger partial charge is 0.479 e. The number of amides is 1. The monoisotopic (exact) mass is 294 g/mol. The number of nitrogens with one attached hydrogen (secondary N) is 1. The quantitative estimate of drug-likeness (QED) is 0.697. The molecular formula is C15H22N2O4. The lowest BCUT2D eigenvalue weighted by Gasteiger charge is -2.26. The highest BCUT2D eigenvalue weighted by Crippen LogP contribution is 2.24. The highest BCUT2D eigenvalue weighted by Gasteiger charge is 2.23. The second kappa shape index (κ2) is 6.47. The van der Waals surface area contributed by atoms with Gasteiger partial charge in [0.05, 0.1) is 11.3 Å². The van der Waals surface area contributed by atoms with Crippen LogP contribution in [0.1, 0.15) is 44.5 Å². The maximum Gasteiger partial charge on any atom is 0.335 e. The van der Waals surface area contributed by atoms with E-state index in [0.29, 0.717) is 0 Å². The molecule has 0 saturated carbocycles. The Morgan fingerprint density at radius 2 is 2.05 bits per heavy atom. The fourth-order valence-corrected chi connectivity index (χ4v) is 1.54. The van der Waals surface area contributed by atoms with Crippen molar-refractivity contribution in [3.8, 4) is 5.75 Å². The molecule has 6 nitrogen and oxygen atoms in total. The first-order chi connectivity index (χ1) is 9.66. The molecule has 0 radical (unpaired) electrons. The van der Waals surface area contributed by atoms with Crippen molar-refractivity contribution in [2.45, 2.75) is 45.8 Å². The number of nitrogen functional groups attached to an aromatic ring is 1. The fourth-order valence-electron chi connectivity index (χ4n) is 1.54. The van der Waals surface area contributed by atoms with E-state index in [1.54, 1.807) is 6.92 Å². The molecule has 6 heteroatoms. The molecule has 1 aromatic rings. The first kappa shape index (κ1) is 16.8. The van der Waals surface area contributed by atoms with Crippen molar-refractivity contribution in [3.05, 3.63) is 23.8 Å². The standard InChI is InChI=1S/C15H22N2O4/c1-5-15(3,4)17-13(18)9(2)21-12-8-10(14(19)20)6-7-11(12)16/h6-9H,5,16H2,1-4H3,(H,17,18)(H,19,20). The summed E-state index contributed by atoms with van der Waals surface area (Å²) in [5.74, 6) is -1.17. The SMILES string of the molecule is CCC(C)(C)NC(=O)C(C)Oc1cc(C(=O)O)ccc1N. The van der Waals surface area contributed by atoms with Gasteiger partial charge in [-0.05, 0) is 45.4 Å². The molecule has 4 N–H and O–H groups in total. The third kappa shape index (κ3) is 4.66. The van der Waals surface area contributed by atoms with Crippen LogP contribution in [0.3, 0.4) is 0 Å². The minimum Gasteiger partial charge on any atom is -0.479 e. The van der Waals surface area contributed by atoms with Crippen molar-refractivity contribution < 1.29 is 19.4 Å². The molecule has 1 rings (SSSR count). The third-order valence-corrected chi connectivity index (χ3v) is 3.28. The van der Waals surface area contributed by atoms with E-state index in [1.807, 2.05) is 20.8 Å². The Morgan fingerprint density at radius 3 is 2.57 bits per heavy atom. The number of anilines is 1. The van der Waals surface area contributed by atoms with Crippen LogP contribution in [0.5, 0.6) is 5.75 Å². The zero-order valence-corrected chi connectivity index (χ0v) is 12.8. The van der Waals surface area contributed by atoms with Crippen LogP contribution in [0.2, 0.25) is 0 Å². The van der Waals surface area contributed by atoms with Gasteiger partial charge in [-0.15, -0.1) is 0 Å². The van der Waals surface area contributed by atoms with E-state index in [0.717, 1.165) is 6.42 Å². The van der Waals surface area contributed by atoms with Gasteiger partial charge in [-0.25, -0.2) is 4.79 Å². The molecule has 0 aromatic heterocycles. The second-order valence-corrected chi connectivity index (χ2v) is 5.54. The Kier molecular flexibility index (Phi) is 5.18. The molecule has 0 aliphatic rings. The molecule has 0 fully saturated rings. The van der Waals surface area contributed by atoms with Gasteiger partial charge in [0.15, 0.2) is 6.10 Å². The van der Waals surface area contributed by atoms with Crippen LogP contribution in [0.25, 0.3) is 0 Å². The van der Waals surface area contributed by atoms with Gasteiger partial charge in [-0.3, -0.25) is 4.79 Å². The lowest BCUT2D eigenvalue weighted by Crippen LogP contribution is -2.48. The molecule has 1 aromatic carbocycles. The van der Waals surface area contributed by atoms with Gasteiger partial charge in [-0.2, -0.15) is 0 Å². The average molecular weight is 294 g/mol. The minimum absolute atomic E-state index is 0.0562. The minimum atomic E-state index is -1.08. The Bertz CT molecular complexity index is 540. The summed E-state index contributed by atoms with van der Waals surface area (Å²) in [4.78, 5) is 23.0. The summed E-state index contributed by atoms with van der Waals surface area (Å²) in [7, 11) is 0. The maximum absolute atomic E-state index is 12.1. The zero-order chi connectivity index (χ0) is 16.2. The predicted molar refractivity (Wildman–Crippen MR) is 80.4 cm³/mol. The summed E-state index contributed by atoms with van der Waals surface area (Å²) in [5, 5.41) is 11.8. The van der Waals surface area contributed by atoms with E-state index < -0.39 is 12.1 Å². The molecule has 0 aliphatic carbocycles. The number of carboxylic acid groups (broad SMARTS) is 1. The number of carbonyl (C=O) groups is 2. The molecule has 116 valence electrons. The van der Waals surface area contributed by atoms with E-state index in [2.05, 4.69) is 5.32 Å². The van der Waals surface area contributed by atoms with Crippen LogP contribution < -0.4 is 15.8 Å². The number of nitrogens with two attached hydrogens (primary N) is 1. The highest BCUT2D eigenvalue weighted by atomic mass is 16.5. The molecule has 0 saturated heterocycles. The number of ether oxygens (including phenoxy) is 1. The van der Waals surface area contributed by atoms with Crippen LogP contribution in [0, 0.1) is 0 Å². The van der Waals surface area contributed by atoms with Crippen molar-refractivity contribution >= 4 is 17.6 Å². The molecule has 1 unspecified atom stereocenters. The number of rotatable bonds is 6. The number of hydrogen-bond acceptors (Lipinski definition) is 4. The molecule has 21 heavy (non-hydrogen) atoms. The highest BCUT2D eigenvalue weighted by molar-refractivity contribution is 5.89. The normalized spacial score (nSPS) is 12.6. The van der Waals surface area contributed by atoms with Crippen molar-refractivity contribution in [1.82, 2.24) is 5.32 Å². The molecule has 1 atom stereocenters. The van der Waals surface area contributed by atoms with Crippen LogP contribution in [-0.2, 0) is 4.79 Å². The van der Waals surface area contributed by atoms with Crippen LogP contribution in [-0.4, -0.2) is 28.6 Å². The zero-order valence-electron chi connectivity index (χ0n) is 12.8. The van der Waals surface area contributed by atoms with E-state index in [4.69, 9.17) is 15.6 Å². The van der Waals surface area contributed by atoms with Gasteiger partial charge in [-0.1, -0.05) is 6.92 Å². The Hall–Kier alpha value is -2.24. The fraction of sp³-hybridized carbons (Fsp3) is 0.467. The number of benzene rings is 1. The summed E-state index contributed by atoms with van der Waals surface area (Å²) >= 11 is 0. The van der Waals surface area contributed by atoms with E-state index in [1.165, 1.54) is 18.2 Å². The molecule has 0 aliphatic heterocycles. The second-order valence-electron chi connectivity index (χ2n) is 5.54. The maximum atomic E-state index is 12.1. The molecule has 0 bridgehead atoms. The number of hydrogen-bond donors (Lipinski definition) is 3. The van der Waals surface area contributed by atoms with Crippen molar-refractivity contribution in [2.24, 2.45) is 0 Å². The van der Waals surface area contributed by atoms with Gasteiger partial charge >= 0.3 is 5.97 Å². The first-order valence-corrected chi connectivity index (χ1v) is 6.78. The summed E-state index contributed by atoms with van der Waals surface area (Å²) in [6, 6.07) is 4.14.